The van der Waals surface area contributed by atoms with Gasteiger partial charge in [-0.2, -0.15) is 13.2 Å². The van der Waals surface area contributed by atoms with Gasteiger partial charge in [-0.05, 0) is 34.6 Å². The average molecular weight is 393 g/mol. The summed E-state index contributed by atoms with van der Waals surface area (Å²) in [7, 11) is 0. The van der Waals surface area contributed by atoms with Crippen molar-refractivity contribution < 1.29 is 22.7 Å². The number of alkyl halides is 3. The van der Waals surface area contributed by atoms with Gasteiger partial charge < -0.3 is 5.32 Å². The largest absolute Gasteiger partial charge is 0.418 e. The summed E-state index contributed by atoms with van der Waals surface area (Å²) in [4.78, 5) is 10.5. The van der Waals surface area contributed by atoms with E-state index in [2.05, 4.69) is 20.3 Å². The Morgan fingerprint density at radius 3 is 2.44 bits per heavy atom. The van der Waals surface area contributed by atoms with E-state index < -0.39 is 28.0 Å². The fourth-order valence-electron chi connectivity index (χ4n) is 2.18. The molecule has 0 fully saturated rings. The first kappa shape index (κ1) is 17.2. The molecular weight excluding hydrogens is 388 g/mol. The summed E-state index contributed by atoms with van der Waals surface area (Å²) in [5, 5.41) is 20.3. The Bertz CT molecular complexity index is 991. The minimum Gasteiger partial charge on any atom is -0.349 e. The van der Waals surface area contributed by atoms with Crippen LogP contribution in [0.25, 0.3) is 11.0 Å². The van der Waals surface area contributed by atoms with Crippen molar-refractivity contribution >= 4 is 51.3 Å². The van der Waals surface area contributed by atoms with Crippen LogP contribution in [0.15, 0.2) is 28.9 Å². The van der Waals surface area contributed by atoms with Crippen LogP contribution in [0.4, 0.5) is 30.2 Å². The molecule has 0 aliphatic rings. The van der Waals surface area contributed by atoms with Crippen molar-refractivity contribution in [2.45, 2.75) is 6.18 Å². The van der Waals surface area contributed by atoms with Gasteiger partial charge in [0.15, 0.2) is 5.52 Å². The summed E-state index contributed by atoms with van der Waals surface area (Å²) in [6.07, 6.45) is -4.73. The third-order valence-corrected chi connectivity index (χ3v) is 3.73. The third kappa shape index (κ3) is 3.17. The molecule has 1 N–H and O–H groups in total. The summed E-state index contributed by atoms with van der Waals surface area (Å²) in [5.41, 5.74) is -2.82. The van der Waals surface area contributed by atoms with Gasteiger partial charge >= 0.3 is 11.9 Å². The van der Waals surface area contributed by atoms with Gasteiger partial charge in [-0.15, -0.1) is 0 Å². The number of nitro groups is 1. The van der Waals surface area contributed by atoms with E-state index in [4.69, 9.17) is 23.2 Å². The molecule has 0 amide bonds. The van der Waals surface area contributed by atoms with Crippen LogP contribution >= 0.6 is 23.2 Å². The Hall–Kier alpha value is -2.59. The number of hydrogen-bond acceptors (Lipinski definition) is 6. The van der Waals surface area contributed by atoms with Gasteiger partial charge in [0, 0.05) is 5.02 Å². The molecule has 1 heterocycles. The van der Waals surface area contributed by atoms with Crippen LogP contribution in [0, 0.1) is 10.1 Å². The normalized spacial score (nSPS) is 11.7. The summed E-state index contributed by atoms with van der Waals surface area (Å²) >= 11 is 11.5. The Balaban J connectivity index is 2.20. The van der Waals surface area contributed by atoms with Crippen LogP contribution in [-0.4, -0.2) is 15.2 Å². The van der Waals surface area contributed by atoms with E-state index in [9.17, 15) is 23.3 Å². The molecule has 0 aliphatic heterocycles. The molecule has 3 rings (SSSR count). The molecule has 25 heavy (non-hydrogen) atoms. The van der Waals surface area contributed by atoms with Crippen molar-refractivity contribution in [3.63, 3.8) is 0 Å². The zero-order chi connectivity index (χ0) is 18.4. The Labute approximate surface area is 146 Å². The van der Waals surface area contributed by atoms with Crippen LogP contribution in [0.1, 0.15) is 5.56 Å². The molecule has 0 aliphatic carbocycles. The highest BCUT2D eigenvalue weighted by atomic mass is 35.5. The highest BCUT2D eigenvalue weighted by Crippen LogP contribution is 2.41. The van der Waals surface area contributed by atoms with Crippen LogP contribution in [0.2, 0.25) is 10.0 Å². The maximum atomic E-state index is 13.2. The first-order chi connectivity index (χ1) is 11.7. The number of benzene rings is 2. The Morgan fingerprint density at radius 1 is 1.12 bits per heavy atom. The summed E-state index contributed by atoms with van der Waals surface area (Å²) in [5.74, 6) is 0. The SMILES string of the molecule is O=[N+]([O-])c1c(Nc2ccc(Cl)cc2C(F)(F)F)cc(Cl)c2nonc12. The van der Waals surface area contributed by atoms with Crippen molar-refractivity contribution in [1.82, 2.24) is 10.3 Å². The predicted octanol–water partition coefficient (Wildman–Crippen LogP) is 5.20. The van der Waals surface area contributed by atoms with E-state index in [1.54, 1.807) is 0 Å². The first-order valence-corrected chi connectivity index (χ1v) is 7.17. The van der Waals surface area contributed by atoms with Gasteiger partial charge in [0.05, 0.1) is 21.2 Å². The minimum atomic E-state index is -4.73. The molecule has 12 heteroatoms. The number of aromatic nitrogens is 2. The molecule has 0 bridgehead atoms. The van der Waals surface area contributed by atoms with Gasteiger partial charge in [0.1, 0.15) is 5.69 Å². The maximum Gasteiger partial charge on any atom is 0.418 e. The van der Waals surface area contributed by atoms with Crippen LogP contribution in [-0.2, 0) is 6.18 Å². The maximum absolute atomic E-state index is 13.2. The van der Waals surface area contributed by atoms with E-state index in [1.165, 1.54) is 6.07 Å². The molecule has 1 aromatic heterocycles. The Kier molecular flexibility index (Phi) is 4.17. The number of fused-ring (bicyclic) bond motifs is 1. The van der Waals surface area contributed by atoms with Gasteiger partial charge in [-0.3, -0.25) is 10.1 Å². The third-order valence-electron chi connectivity index (χ3n) is 3.20. The molecule has 0 radical (unpaired) electrons. The monoisotopic (exact) mass is 392 g/mol. The van der Waals surface area contributed by atoms with E-state index >= 15 is 0 Å². The van der Waals surface area contributed by atoms with Gasteiger partial charge in [0.25, 0.3) is 0 Å². The first-order valence-electron chi connectivity index (χ1n) is 6.41. The lowest BCUT2D eigenvalue weighted by Gasteiger charge is -2.15. The summed E-state index contributed by atoms with van der Waals surface area (Å²) < 4.78 is 44.0. The highest BCUT2D eigenvalue weighted by Gasteiger charge is 2.35. The fourth-order valence-corrected chi connectivity index (χ4v) is 2.58. The zero-order valence-corrected chi connectivity index (χ0v) is 13.3. The number of nitro benzene ring substituents is 1. The molecule has 0 saturated heterocycles. The fraction of sp³-hybridized carbons (Fsp3) is 0.0769. The van der Waals surface area contributed by atoms with Crippen LogP contribution in [0.3, 0.4) is 0 Å². The molecule has 130 valence electrons. The second-order valence-corrected chi connectivity index (χ2v) is 5.63. The van der Waals surface area contributed by atoms with Gasteiger partial charge in [-0.25, -0.2) is 4.63 Å². The zero-order valence-electron chi connectivity index (χ0n) is 11.8. The number of halogens is 5. The molecule has 0 spiro atoms. The minimum absolute atomic E-state index is 0.0770. The topological polar surface area (TPSA) is 94.1 Å². The van der Waals surface area contributed by atoms with Crippen LogP contribution < -0.4 is 5.32 Å². The molecule has 0 saturated carbocycles. The van der Waals surface area contributed by atoms with E-state index in [-0.39, 0.29) is 26.8 Å². The van der Waals surface area contributed by atoms with E-state index in [0.29, 0.717) is 6.07 Å². The number of nitrogens with one attached hydrogen (secondary N) is 1. The van der Waals surface area contributed by atoms with Crippen molar-refractivity contribution in [3.8, 4) is 0 Å². The van der Waals surface area contributed by atoms with Crippen LogP contribution in [0.5, 0.6) is 0 Å². The lowest BCUT2D eigenvalue weighted by atomic mass is 10.1. The summed E-state index contributed by atoms with van der Waals surface area (Å²) in [6.45, 7) is 0. The number of hydrogen-bond donors (Lipinski definition) is 1. The van der Waals surface area contributed by atoms with Gasteiger partial charge in [0.2, 0.25) is 5.52 Å². The van der Waals surface area contributed by atoms with E-state index in [0.717, 1.165) is 12.1 Å². The average Bonchev–Trinajstić information content (AvgIpc) is 2.97. The van der Waals surface area contributed by atoms with Gasteiger partial charge in [-0.1, -0.05) is 23.2 Å². The quantitative estimate of drug-likeness (QED) is 0.486. The lowest BCUT2D eigenvalue weighted by molar-refractivity contribution is -0.382. The van der Waals surface area contributed by atoms with Crippen molar-refractivity contribution in [3.05, 3.63) is 50.0 Å². The lowest BCUT2D eigenvalue weighted by Crippen LogP contribution is -2.09. The molecular formula is C13H5Cl2F3N4O3. The molecule has 3 aromatic rings. The second-order valence-electron chi connectivity index (χ2n) is 4.79. The highest BCUT2D eigenvalue weighted by molar-refractivity contribution is 6.35. The smallest absolute Gasteiger partial charge is 0.349 e. The molecule has 0 unspecified atom stereocenters. The van der Waals surface area contributed by atoms with Crippen molar-refractivity contribution in [1.29, 1.82) is 0 Å². The number of anilines is 2. The molecule has 7 nitrogen and oxygen atoms in total. The molecule has 2 aromatic carbocycles. The summed E-state index contributed by atoms with van der Waals surface area (Å²) in [6, 6.07) is 4.03. The Morgan fingerprint density at radius 2 is 1.80 bits per heavy atom. The predicted molar refractivity (Wildman–Crippen MR) is 83.2 cm³/mol. The van der Waals surface area contributed by atoms with Crippen molar-refractivity contribution in [2.24, 2.45) is 0 Å². The standard InChI is InChI=1S/C13H5Cl2F3N4O3/c14-5-1-2-8(6(3-5)13(16,17)18)19-9-4-7(15)10-11(21-25-20-10)12(9)22(23)24/h1-4,19H. The number of rotatable bonds is 3. The number of nitrogens with zero attached hydrogens (tertiary/aromatic N) is 3. The second kappa shape index (κ2) is 6.05. The van der Waals surface area contributed by atoms with Crippen molar-refractivity contribution in [2.75, 3.05) is 5.32 Å². The molecule has 0 atom stereocenters. The van der Waals surface area contributed by atoms with E-state index in [1.807, 2.05) is 0 Å².